The Balaban J connectivity index is 1.74. The van der Waals surface area contributed by atoms with Gasteiger partial charge < -0.3 is 37.9 Å². The molecule has 0 N–H and O–H groups in total. The third kappa shape index (κ3) is 6.53. The summed E-state index contributed by atoms with van der Waals surface area (Å²) in [6, 6.07) is 8.83. The van der Waals surface area contributed by atoms with E-state index >= 15 is 0 Å². The van der Waals surface area contributed by atoms with E-state index in [9.17, 15) is 0 Å². The Bertz CT molecular complexity index is 715. The van der Waals surface area contributed by atoms with Crippen LogP contribution in [0.5, 0.6) is 40.2 Å². The SMILES string of the molecule is COc1cc(OC)cc(OCCOCCOc2cc(OC)c(OC)c(OC)c2)c1. The lowest BCUT2D eigenvalue weighted by molar-refractivity contribution is 0.0762. The molecule has 0 aliphatic rings. The molecule has 0 saturated carbocycles. The quantitative estimate of drug-likeness (QED) is 0.468. The highest BCUT2D eigenvalue weighted by atomic mass is 16.6. The molecular weight excluding hydrogens is 380 g/mol. The van der Waals surface area contributed by atoms with Crippen LogP contribution in [0.25, 0.3) is 0 Å². The average Bonchev–Trinajstić information content (AvgIpc) is 2.77. The topological polar surface area (TPSA) is 73.8 Å². The molecule has 29 heavy (non-hydrogen) atoms. The van der Waals surface area contributed by atoms with Gasteiger partial charge in [-0.25, -0.2) is 0 Å². The first-order valence-electron chi connectivity index (χ1n) is 9.01. The lowest BCUT2D eigenvalue weighted by Gasteiger charge is -2.14. The van der Waals surface area contributed by atoms with Crippen molar-refractivity contribution in [1.29, 1.82) is 0 Å². The van der Waals surface area contributed by atoms with Gasteiger partial charge in [0.1, 0.15) is 36.2 Å². The summed E-state index contributed by atoms with van der Waals surface area (Å²) in [5, 5.41) is 0. The highest BCUT2D eigenvalue weighted by Gasteiger charge is 2.13. The van der Waals surface area contributed by atoms with Crippen LogP contribution in [-0.4, -0.2) is 62.0 Å². The van der Waals surface area contributed by atoms with Crippen LogP contribution < -0.4 is 33.2 Å². The molecule has 0 bridgehead atoms. The van der Waals surface area contributed by atoms with Crippen molar-refractivity contribution in [3.63, 3.8) is 0 Å². The van der Waals surface area contributed by atoms with Crippen molar-refractivity contribution in [2.75, 3.05) is 62.0 Å². The minimum atomic E-state index is 0.367. The number of hydrogen-bond donors (Lipinski definition) is 0. The molecule has 0 atom stereocenters. The lowest BCUT2D eigenvalue weighted by Crippen LogP contribution is -2.12. The molecule has 0 spiro atoms. The molecule has 0 fully saturated rings. The minimum Gasteiger partial charge on any atom is -0.496 e. The average molecular weight is 408 g/mol. The van der Waals surface area contributed by atoms with Crippen LogP contribution in [0.3, 0.4) is 0 Å². The van der Waals surface area contributed by atoms with E-state index in [1.54, 1.807) is 65.9 Å². The van der Waals surface area contributed by atoms with Gasteiger partial charge in [0.15, 0.2) is 11.5 Å². The molecule has 0 heterocycles. The number of hydrogen-bond acceptors (Lipinski definition) is 8. The van der Waals surface area contributed by atoms with Crippen molar-refractivity contribution in [3.05, 3.63) is 30.3 Å². The fraction of sp³-hybridized carbons (Fsp3) is 0.429. The van der Waals surface area contributed by atoms with Crippen LogP contribution in [-0.2, 0) is 4.74 Å². The van der Waals surface area contributed by atoms with Gasteiger partial charge in [-0.3, -0.25) is 0 Å². The maximum atomic E-state index is 5.70. The van der Waals surface area contributed by atoms with Crippen molar-refractivity contribution in [2.24, 2.45) is 0 Å². The Labute approximate surface area is 171 Å². The fourth-order valence-electron chi connectivity index (χ4n) is 2.54. The second-order valence-electron chi connectivity index (χ2n) is 5.72. The first-order valence-corrected chi connectivity index (χ1v) is 9.01. The Kier molecular flexibility index (Phi) is 9.04. The van der Waals surface area contributed by atoms with Gasteiger partial charge in [-0.15, -0.1) is 0 Å². The van der Waals surface area contributed by atoms with E-state index in [1.165, 1.54) is 0 Å². The molecule has 2 aromatic carbocycles. The molecule has 8 heteroatoms. The van der Waals surface area contributed by atoms with Crippen molar-refractivity contribution >= 4 is 0 Å². The monoisotopic (exact) mass is 408 g/mol. The third-order valence-electron chi connectivity index (χ3n) is 3.96. The van der Waals surface area contributed by atoms with Gasteiger partial charge in [-0.1, -0.05) is 0 Å². The highest BCUT2D eigenvalue weighted by Crippen LogP contribution is 2.40. The maximum absolute atomic E-state index is 5.70. The molecule has 8 nitrogen and oxygen atoms in total. The molecule has 0 unspecified atom stereocenters. The summed E-state index contributed by atoms with van der Waals surface area (Å²) in [6.45, 7) is 1.58. The van der Waals surface area contributed by atoms with Gasteiger partial charge in [-0.2, -0.15) is 0 Å². The van der Waals surface area contributed by atoms with Gasteiger partial charge in [0.05, 0.1) is 48.8 Å². The molecule has 0 amide bonds. The third-order valence-corrected chi connectivity index (χ3v) is 3.96. The zero-order valence-corrected chi connectivity index (χ0v) is 17.5. The van der Waals surface area contributed by atoms with E-state index < -0.39 is 0 Å². The number of methoxy groups -OCH3 is 5. The summed E-state index contributed by atoms with van der Waals surface area (Å²) in [5.41, 5.74) is 0. The van der Waals surface area contributed by atoms with Crippen LogP contribution in [0, 0.1) is 0 Å². The van der Waals surface area contributed by atoms with Crippen LogP contribution in [0.2, 0.25) is 0 Å². The molecule has 0 aliphatic heterocycles. The maximum Gasteiger partial charge on any atom is 0.203 e. The summed E-state index contributed by atoms with van der Waals surface area (Å²) in [7, 11) is 7.86. The highest BCUT2D eigenvalue weighted by molar-refractivity contribution is 5.55. The first kappa shape index (κ1) is 22.3. The van der Waals surface area contributed by atoms with Gasteiger partial charge in [0, 0.05) is 30.3 Å². The largest absolute Gasteiger partial charge is 0.496 e. The van der Waals surface area contributed by atoms with Crippen molar-refractivity contribution in [1.82, 2.24) is 0 Å². The zero-order valence-electron chi connectivity index (χ0n) is 17.5. The van der Waals surface area contributed by atoms with Gasteiger partial charge in [0.2, 0.25) is 5.75 Å². The van der Waals surface area contributed by atoms with E-state index in [0.717, 1.165) is 0 Å². The molecule has 2 rings (SSSR count). The Hall–Kier alpha value is -3.00. The number of rotatable bonds is 13. The molecule has 0 saturated heterocycles. The van der Waals surface area contributed by atoms with Crippen LogP contribution in [0.15, 0.2) is 30.3 Å². The standard InChI is InChI=1S/C21H28O8/c1-22-15-10-16(23-2)12-17(11-15)28-8-6-27-7-9-29-18-13-19(24-3)21(26-5)20(14-18)25-4/h10-14H,6-9H2,1-5H3. The molecule has 160 valence electrons. The Morgan fingerprint density at radius 2 is 0.931 bits per heavy atom. The number of benzene rings is 2. The summed E-state index contributed by atoms with van der Waals surface area (Å²) >= 11 is 0. The summed E-state index contributed by atoms with van der Waals surface area (Å²) in [6.07, 6.45) is 0. The van der Waals surface area contributed by atoms with Crippen LogP contribution >= 0.6 is 0 Å². The van der Waals surface area contributed by atoms with Gasteiger partial charge >= 0.3 is 0 Å². The first-order chi connectivity index (χ1) is 14.1. The molecule has 0 aromatic heterocycles. The normalized spacial score (nSPS) is 10.2. The second kappa shape index (κ2) is 11.8. The second-order valence-corrected chi connectivity index (χ2v) is 5.72. The van der Waals surface area contributed by atoms with E-state index in [2.05, 4.69) is 0 Å². The van der Waals surface area contributed by atoms with E-state index in [1.807, 2.05) is 0 Å². The Morgan fingerprint density at radius 1 is 0.483 bits per heavy atom. The smallest absolute Gasteiger partial charge is 0.203 e. The van der Waals surface area contributed by atoms with Crippen molar-refractivity contribution < 1.29 is 37.9 Å². The summed E-state index contributed by atoms with van der Waals surface area (Å²) in [5.74, 6) is 4.17. The molecular formula is C21H28O8. The summed E-state index contributed by atoms with van der Waals surface area (Å²) < 4.78 is 43.2. The van der Waals surface area contributed by atoms with Gasteiger partial charge in [-0.05, 0) is 0 Å². The fourth-order valence-corrected chi connectivity index (χ4v) is 2.54. The summed E-state index contributed by atoms with van der Waals surface area (Å²) in [4.78, 5) is 0. The Morgan fingerprint density at radius 3 is 1.34 bits per heavy atom. The van der Waals surface area contributed by atoms with E-state index in [4.69, 9.17) is 37.9 Å². The van der Waals surface area contributed by atoms with E-state index in [0.29, 0.717) is 66.7 Å². The predicted molar refractivity (Wildman–Crippen MR) is 107 cm³/mol. The van der Waals surface area contributed by atoms with Gasteiger partial charge in [0.25, 0.3) is 0 Å². The number of ether oxygens (including phenoxy) is 8. The van der Waals surface area contributed by atoms with Crippen molar-refractivity contribution in [3.8, 4) is 40.2 Å². The predicted octanol–water partition coefficient (Wildman–Crippen LogP) is 3.20. The molecule has 0 radical (unpaired) electrons. The van der Waals surface area contributed by atoms with Crippen LogP contribution in [0.4, 0.5) is 0 Å². The molecule has 2 aromatic rings. The minimum absolute atomic E-state index is 0.367. The zero-order chi connectivity index (χ0) is 21.1. The van der Waals surface area contributed by atoms with Crippen molar-refractivity contribution in [2.45, 2.75) is 0 Å². The van der Waals surface area contributed by atoms with Crippen LogP contribution in [0.1, 0.15) is 0 Å². The lowest BCUT2D eigenvalue weighted by atomic mass is 10.2. The molecule has 0 aliphatic carbocycles. The van der Waals surface area contributed by atoms with E-state index in [-0.39, 0.29) is 0 Å².